The van der Waals surface area contributed by atoms with Crippen molar-refractivity contribution in [3.63, 3.8) is 0 Å². The highest BCUT2D eigenvalue weighted by Gasteiger charge is 2.57. The van der Waals surface area contributed by atoms with Crippen LogP contribution >= 0.6 is 0 Å². The average Bonchev–Trinajstić information content (AvgIpc) is 3.26. The van der Waals surface area contributed by atoms with Crippen LogP contribution in [0.1, 0.15) is 41.3 Å². The zero-order valence-corrected chi connectivity index (χ0v) is 15.2. The summed E-state index contributed by atoms with van der Waals surface area (Å²) in [5, 5.41) is 7.55. The molecule has 2 atom stereocenters. The van der Waals surface area contributed by atoms with Crippen molar-refractivity contribution < 1.29 is 4.79 Å². The molecule has 6 heteroatoms. The molecule has 0 spiro atoms. The molecule has 1 aliphatic carbocycles. The molecule has 0 unspecified atom stereocenters. The zero-order chi connectivity index (χ0) is 17.7. The van der Waals surface area contributed by atoms with Crippen LogP contribution < -0.4 is 0 Å². The molecule has 1 saturated carbocycles. The van der Waals surface area contributed by atoms with Gasteiger partial charge in [-0.3, -0.25) is 14.8 Å². The van der Waals surface area contributed by atoms with Gasteiger partial charge in [0.25, 0.3) is 5.91 Å². The van der Waals surface area contributed by atoms with Crippen molar-refractivity contribution in [1.82, 2.24) is 25.0 Å². The molecule has 1 aromatic heterocycles. The summed E-state index contributed by atoms with van der Waals surface area (Å²) in [6.07, 6.45) is 3.96. The average molecular weight is 351 g/mol. The Bertz CT molecular complexity index is 815. The fourth-order valence-corrected chi connectivity index (χ4v) is 4.93. The van der Waals surface area contributed by atoms with Crippen LogP contribution in [0.5, 0.6) is 0 Å². The van der Waals surface area contributed by atoms with E-state index >= 15 is 0 Å². The number of rotatable bonds is 3. The van der Waals surface area contributed by atoms with Gasteiger partial charge in [0.1, 0.15) is 5.82 Å². The summed E-state index contributed by atoms with van der Waals surface area (Å²) < 4.78 is 0. The van der Waals surface area contributed by atoms with Crippen LogP contribution in [-0.2, 0) is 5.41 Å². The predicted molar refractivity (Wildman–Crippen MR) is 97.8 cm³/mol. The zero-order valence-electron chi connectivity index (χ0n) is 15.2. The maximum Gasteiger partial charge on any atom is 0.253 e. The van der Waals surface area contributed by atoms with E-state index in [1.54, 1.807) is 0 Å². The van der Waals surface area contributed by atoms with Crippen molar-refractivity contribution >= 4 is 5.91 Å². The molecular weight excluding hydrogens is 326 g/mol. The number of H-pyrrole nitrogens is 1. The Morgan fingerprint density at radius 2 is 2.00 bits per heavy atom. The Morgan fingerprint density at radius 1 is 1.19 bits per heavy atom. The SMILES string of the molecule is Cc1nc([C@]23CN(C(=O)c4ccccc4)C[C@H]2CN(C2CCC2)C3)n[nH]1. The van der Waals surface area contributed by atoms with E-state index in [4.69, 9.17) is 4.98 Å². The molecule has 2 aromatic rings. The summed E-state index contributed by atoms with van der Waals surface area (Å²) in [7, 11) is 0. The molecule has 3 heterocycles. The summed E-state index contributed by atoms with van der Waals surface area (Å²) in [4.78, 5) is 22.3. The van der Waals surface area contributed by atoms with Crippen LogP contribution in [0.2, 0.25) is 0 Å². The molecule has 5 rings (SSSR count). The minimum Gasteiger partial charge on any atom is -0.337 e. The fourth-order valence-electron chi connectivity index (χ4n) is 4.93. The van der Waals surface area contributed by atoms with E-state index in [1.807, 2.05) is 42.2 Å². The summed E-state index contributed by atoms with van der Waals surface area (Å²) in [5.74, 6) is 2.28. The number of aromatic nitrogens is 3. The number of hydrogen-bond donors (Lipinski definition) is 1. The molecule has 1 amide bonds. The second-order valence-corrected chi connectivity index (χ2v) is 8.16. The number of nitrogens with one attached hydrogen (secondary N) is 1. The topological polar surface area (TPSA) is 65.1 Å². The number of nitrogens with zero attached hydrogens (tertiary/aromatic N) is 4. The minimum absolute atomic E-state index is 0.127. The molecule has 1 aromatic carbocycles. The van der Waals surface area contributed by atoms with E-state index in [0.717, 1.165) is 42.9 Å². The Kier molecular flexibility index (Phi) is 3.64. The van der Waals surface area contributed by atoms with E-state index in [2.05, 4.69) is 15.1 Å². The second-order valence-electron chi connectivity index (χ2n) is 8.16. The van der Waals surface area contributed by atoms with Gasteiger partial charge in [0.05, 0.1) is 5.41 Å². The predicted octanol–water partition coefficient (Wildman–Crippen LogP) is 1.99. The van der Waals surface area contributed by atoms with Gasteiger partial charge in [-0.05, 0) is 31.9 Å². The molecule has 26 heavy (non-hydrogen) atoms. The number of aromatic amines is 1. The Balaban J connectivity index is 1.44. The highest BCUT2D eigenvalue weighted by Crippen LogP contribution is 2.46. The molecule has 3 fully saturated rings. The van der Waals surface area contributed by atoms with Crippen LogP contribution in [0.25, 0.3) is 0 Å². The van der Waals surface area contributed by atoms with Crippen molar-refractivity contribution in [2.45, 2.75) is 37.6 Å². The van der Waals surface area contributed by atoms with E-state index in [1.165, 1.54) is 19.3 Å². The quantitative estimate of drug-likeness (QED) is 0.918. The van der Waals surface area contributed by atoms with Gasteiger partial charge in [0.15, 0.2) is 5.82 Å². The van der Waals surface area contributed by atoms with Crippen LogP contribution in [0.3, 0.4) is 0 Å². The third-order valence-electron chi connectivity index (χ3n) is 6.58. The van der Waals surface area contributed by atoms with Gasteiger partial charge in [0, 0.05) is 43.7 Å². The van der Waals surface area contributed by atoms with E-state index < -0.39 is 0 Å². The molecule has 0 radical (unpaired) electrons. The van der Waals surface area contributed by atoms with Crippen LogP contribution in [0.15, 0.2) is 30.3 Å². The van der Waals surface area contributed by atoms with Crippen molar-refractivity contribution in [3.05, 3.63) is 47.5 Å². The summed E-state index contributed by atoms with van der Waals surface area (Å²) in [6.45, 7) is 5.48. The molecule has 6 nitrogen and oxygen atoms in total. The standard InChI is InChI=1S/C20H25N5O/c1-14-21-19(23-22-14)20-12-24(17-8-5-9-17)10-16(20)11-25(13-20)18(26)15-6-3-2-4-7-15/h2-4,6-7,16-17H,5,8-13H2,1H3,(H,21,22,23)/t16-,20-/m1/s1. The normalized spacial score (nSPS) is 29.0. The third-order valence-corrected chi connectivity index (χ3v) is 6.58. The molecule has 136 valence electrons. The highest BCUT2D eigenvalue weighted by molar-refractivity contribution is 5.94. The van der Waals surface area contributed by atoms with Gasteiger partial charge in [-0.15, -0.1) is 0 Å². The lowest BCUT2D eigenvalue weighted by atomic mass is 9.80. The highest BCUT2D eigenvalue weighted by atomic mass is 16.2. The van der Waals surface area contributed by atoms with Crippen molar-refractivity contribution in [1.29, 1.82) is 0 Å². The van der Waals surface area contributed by atoms with Crippen LogP contribution in [0, 0.1) is 12.8 Å². The minimum atomic E-state index is -0.134. The van der Waals surface area contributed by atoms with Crippen molar-refractivity contribution in [3.8, 4) is 0 Å². The smallest absolute Gasteiger partial charge is 0.253 e. The van der Waals surface area contributed by atoms with Gasteiger partial charge < -0.3 is 4.90 Å². The first kappa shape index (κ1) is 16.0. The van der Waals surface area contributed by atoms with E-state index in [0.29, 0.717) is 12.5 Å². The first-order valence-electron chi connectivity index (χ1n) is 9.63. The van der Waals surface area contributed by atoms with Crippen molar-refractivity contribution in [2.75, 3.05) is 26.2 Å². The number of amides is 1. The van der Waals surface area contributed by atoms with E-state index in [9.17, 15) is 4.79 Å². The monoisotopic (exact) mass is 351 g/mol. The van der Waals surface area contributed by atoms with E-state index in [-0.39, 0.29) is 11.3 Å². The molecule has 2 aliphatic heterocycles. The first-order chi connectivity index (χ1) is 12.7. The van der Waals surface area contributed by atoms with Gasteiger partial charge in [0.2, 0.25) is 0 Å². The Morgan fingerprint density at radius 3 is 2.65 bits per heavy atom. The maximum atomic E-state index is 13.0. The van der Waals surface area contributed by atoms with Gasteiger partial charge in [-0.1, -0.05) is 24.6 Å². The van der Waals surface area contributed by atoms with Gasteiger partial charge in [-0.25, -0.2) is 4.98 Å². The summed E-state index contributed by atoms with van der Waals surface area (Å²) >= 11 is 0. The number of carbonyl (C=O) groups is 1. The van der Waals surface area contributed by atoms with Gasteiger partial charge in [-0.2, -0.15) is 5.10 Å². The number of carbonyl (C=O) groups excluding carboxylic acids is 1. The summed E-state index contributed by atoms with van der Waals surface area (Å²) in [5.41, 5.74) is 0.634. The first-order valence-corrected chi connectivity index (χ1v) is 9.63. The molecule has 3 aliphatic rings. The number of benzene rings is 1. The lowest BCUT2D eigenvalue weighted by Crippen LogP contribution is -2.44. The second kappa shape index (κ2) is 5.91. The number of fused-ring (bicyclic) bond motifs is 1. The molecule has 2 saturated heterocycles. The van der Waals surface area contributed by atoms with Crippen LogP contribution in [-0.4, -0.2) is 63.1 Å². The fraction of sp³-hybridized carbons (Fsp3) is 0.550. The Hall–Kier alpha value is -2.21. The number of aryl methyl sites for hydroxylation is 1. The largest absolute Gasteiger partial charge is 0.337 e. The maximum absolute atomic E-state index is 13.0. The number of hydrogen-bond acceptors (Lipinski definition) is 4. The summed E-state index contributed by atoms with van der Waals surface area (Å²) in [6, 6.07) is 10.3. The van der Waals surface area contributed by atoms with Crippen LogP contribution in [0.4, 0.5) is 0 Å². The number of likely N-dealkylation sites (tertiary alicyclic amines) is 2. The lowest BCUT2D eigenvalue weighted by Gasteiger charge is -2.36. The lowest BCUT2D eigenvalue weighted by molar-refractivity contribution is 0.0752. The van der Waals surface area contributed by atoms with Crippen molar-refractivity contribution in [2.24, 2.45) is 5.92 Å². The third kappa shape index (κ3) is 2.39. The Labute approximate surface area is 153 Å². The molecule has 1 N–H and O–H groups in total. The van der Waals surface area contributed by atoms with Gasteiger partial charge >= 0.3 is 0 Å². The molecule has 0 bridgehead atoms. The molecular formula is C20H25N5O.